The molecule has 1 amide bonds. The van der Waals surface area contributed by atoms with Gasteiger partial charge in [0.05, 0.1) is 16.6 Å². The summed E-state index contributed by atoms with van der Waals surface area (Å²) in [7, 11) is 0. The molecule has 4 rings (SSSR count). The van der Waals surface area contributed by atoms with E-state index in [0.29, 0.717) is 5.92 Å². The van der Waals surface area contributed by atoms with Gasteiger partial charge < -0.3 is 10.3 Å². The molecule has 2 aliphatic rings. The van der Waals surface area contributed by atoms with Crippen LogP contribution in [0.1, 0.15) is 39.0 Å². The molecule has 2 N–H and O–H groups in total. The molecule has 1 aliphatic heterocycles. The van der Waals surface area contributed by atoms with Crippen LogP contribution in [-0.4, -0.2) is 20.7 Å². The molecule has 0 radical (unpaired) electrons. The molecule has 0 spiro atoms. The highest BCUT2D eigenvalue weighted by Gasteiger charge is 2.53. The third-order valence-electron chi connectivity index (χ3n) is 5.46. The summed E-state index contributed by atoms with van der Waals surface area (Å²) in [6.07, 6.45) is 6.15. The van der Waals surface area contributed by atoms with Gasteiger partial charge in [0, 0.05) is 0 Å². The number of benzene rings is 1. The maximum absolute atomic E-state index is 12.1. The monoisotopic (exact) mass is 315 g/mol. The summed E-state index contributed by atoms with van der Waals surface area (Å²) < 4.78 is 2.30. The van der Waals surface area contributed by atoms with Crippen molar-refractivity contribution in [3.63, 3.8) is 0 Å². The SMILES string of the molecule is CC1(C2CCCCC2)C(C(N)=O)Sc2nc3ccccc3n21. The number of nitrogens with two attached hydrogens (primary N) is 1. The molecular weight excluding hydrogens is 294 g/mol. The van der Waals surface area contributed by atoms with E-state index in [9.17, 15) is 4.79 Å². The molecule has 1 aromatic carbocycles. The van der Waals surface area contributed by atoms with E-state index in [1.807, 2.05) is 18.2 Å². The molecule has 2 unspecified atom stereocenters. The van der Waals surface area contributed by atoms with Gasteiger partial charge >= 0.3 is 0 Å². The fourth-order valence-electron chi connectivity index (χ4n) is 4.32. The maximum atomic E-state index is 12.1. The molecular formula is C17H21N3OS. The van der Waals surface area contributed by atoms with E-state index < -0.39 is 0 Å². The van der Waals surface area contributed by atoms with Crippen LogP contribution >= 0.6 is 11.8 Å². The van der Waals surface area contributed by atoms with Crippen LogP contribution in [0, 0.1) is 5.92 Å². The van der Waals surface area contributed by atoms with Gasteiger partial charge in [-0.1, -0.05) is 43.2 Å². The molecule has 2 heterocycles. The highest BCUT2D eigenvalue weighted by molar-refractivity contribution is 8.00. The number of aromatic nitrogens is 2. The first-order valence-corrected chi connectivity index (χ1v) is 8.94. The van der Waals surface area contributed by atoms with E-state index in [4.69, 9.17) is 10.7 Å². The fraction of sp³-hybridized carbons (Fsp3) is 0.529. The quantitative estimate of drug-likeness (QED) is 0.925. The predicted molar refractivity (Wildman–Crippen MR) is 88.8 cm³/mol. The number of primary amides is 1. The van der Waals surface area contributed by atoms with Crippen LogP contribution in [0.5, 0.6) is 0 Å². The number of thioether (sulfide) groups is 1. The minimum absolute atomic E-state index is 0.215. The predicted octanol–water partition coefficient (Wildman–Crippen LogP) is 3.29. The lowest BCUT2D eigenvalue weighted by molar-refractivity contribution is -0.119. The molecule has 1 aliphatic carbocycles. The van der Waals surface area contributed by atoms with Gasteiger partial charge in [-0.05, 0) is 37.8 Å². The second kappa shape index (κ2) is 5.01. The molecule has 5 heteroatoms. The van der Waals surface area contributed by atoms with Crippen molar-refractivity contribution in [2.45, 2.75) is 55.0 Å². The number of hydrogen-bond acceptors (Lipinski definition) is 3. The van der Waals surface area contributed by atoms with Crippen molar-refractivity contribution < 1.29 is 4.79 Å². The van der Waals surface area contributed by atoms with Crippen LogP contribution in [0.2, 0.25) is 0 Å². The number of para-hydroxylation sites is 2. The summed E-state index contributed by atoms with van der Waals surface area (Å²) in [6, 6.07) is 8.21. The van der Waals surface area contributed by atoms with E-state index in [1.54, 1.807) is 11.8 Å². The van der Waals surface area contributed by atoms with Crippen molar-refractivity contribution in [3.05, 3.63) is 24.3 Å². The summed E-state index contributed by atoms with van der Waals surface area (Å²) in [4.78, 5) is 16.9. The topological polar surface area (TPSA) is 60.9 Å². The van der Waals surface area contributed by atoms with Crippen molar-refractivity contribution in [2.24, 2.45) is 11.7 Å². The second-order valence-corrected chi connectivity index (χ2v) is 7.75. The van der Waals surface area contributed by atoms with Gasteiger partial charge in [-0.15, -0.1) is 0 Å². The molecule has 116 valence electrons. The number of hydrogen-bond donors (Lipinski definition) is 1. The maximum Gasteiger partial charge on any atom is 0.233 e. The van der Waals surface area contributed by atoms with Crippen LogP contribution in [0.25, 0.3) is 11.0 Å². The van der Waals surface area contributed by atoms with Gasteiger partial charge in [-0.2, -0.15) is 0 Å². The number of imidazole rings is 1. The summed E-state index contributed by atoms with van der Waals surface area (Å²) in [5, 5.41) is 0.723. The summed E-state index contributed by atoms with van der Waals surface area (Å²) >= 11 is 1.55. The second-order valence-electron chi connectivity index (χ2n) is 6.68. The zero-order chi connectivity index (χ0) is 15.3. The van der Waals surface area contributed by atoms with Crippen LogP contribution in [0.3, 0.4) is 0 Å². The van der Waals surface area contributed by atoms with E-state index in [-0.39, 0.29) is 16.7 Å². The first kappa shape index (κ1) is 14.1. The smallest absolute Gasteiger partial charge is 0.233 e. The Labute approximate surface area is 134 Å². The summed E-state index contributed by atoms with van der Waals surface area (Å²) in [5.41, 5.74) is 7.64. The number of fused-ring (bicyclic) bond motifs is 3. The molecule has 1 fully saturated rings. The lowest BCUT2D eigenvalue weighted by atomic mass is 9.73. The number of nitrogens with zero attached hydrogens (tertiary/aromatic N) is 2. The van der Waals surface area contributed by atoms with Crippen LogP contribution < -0.4 is 5.73 Å². The average Bonchev–Trinajstić information content (AvgIpc) is 3.04. The molecule has 2 aromatic rings. The number of carbonyl (C=O) groups is 1. The van der Waals surface area contributed by atoms with Crippen LogP contribution in [0.4, 0.5) is 0 Å². The first-order valence-electron chi connectivity index (χ1n) is 8.06. The van der Waals surface area contributed by atoms with Crippen LogP contribution in [0.15, 0.2) is 29.4 Å². The molecule has 0 saturated heterocycles. The van der Waals surface area contributed by atoms with Crippen molar-refractivity contribution >= 4 is 28.7 Å². The Morgan fingerprint density at radius 2 is 2.05 bits per heavy atom. The lowest BCUT2D eigenvalue weighted by Gasteiger charge is -2.41. The fourth-order valence-corrected chi connectivity index (χ4v) is 5.74. The zero-order valence-corrected chi connectivity index (χ0v) is 13.6. The highest BCUT2D eigenvalue weighted by Crippen LogP contribution is 2.52. The molecule has 2 atom stereocenters. The number of carbonyl (C=O) groups excluding carboxylic acids is 1. The Bertz CT molecular complexity index is 735. The van der Waals surface area contributed by atoms with E-state index in [2.05, 4.69) is 17.6 Å². The largest absolute Gasteiger partial charge is 0.369 e. The van der Waals surface area contributed by atoms with Crippen molar-refractivity contribution in [1.82, 2.24) is 9.55 Å². The third kappa shape index (κ3) is 1.84. The standard InChI is InChI=1S/C17H21N3OS/c1-17(11-7-3-2-4-8-11)14(15(18)21)22-16-19-12-9-5-6-10-13(12)20(16)17/h5-6,9-11,14H,2-4,7-8H2,1H3,(H2,18,21). The highest BCUT2D eigenvalue weighted by atomic mass is 32.2. The van der Waals surface area contributed by atoms with Gasteiger partial charge in [0.1, 0.15) is 5.25 Å². The van der Waals surface area contributed by atoms with Crippen molar-refractivity contribution in [1.29, 1.82) is 0 Å². The molecule has 1 saturated carbocycles. The Balaban J connectivity index is 1.91. The van der Waals surface area contributed by atoms with Gasteiger partial charge in [-0.25, -0.2) is 4.98 Å². The Morgan fingerprint density at radius 3 is 2.77 bits per heavy atom. The number of rotatable bonds is 2. The molecule has 22 heavy (non-hydrogen) atoms. The molecule has 4 nitrogen and oxygen atoms in total. The van der Waals surface area contributed by atoms with Gasteiger partial charge in [-0.3, -0.25) is 4.79 Å². The van der Waals surface area contributed by atoms with Crippen molar-refractivity contribution in [2.75, 3.05) is 0 Å². The third-order valence-corrected chi connectivity index (χ3v) is 6.89. The minimum atomic E-state index is -0.262. The Kier molecular flexibility index (Phi) is 3.22. The zero-order valence-electron chi connectivity index (χ0n) is 12.8. The van der Waals surface area contributed by atoms with E-state index in [0.717, 1.165) is 16.2 Å². The average molecular weight is 315 g/mol. The summed E-state index contributed by atoms with van der Waals surface area (Å²) in [6.45, 7) is 2.22. The van der Waals surface area contributed by atoms with Gasteiger partial charge in [0.25, 0.3) is 0 Å². The van der Waals surface area contributed by atoms with Crippen LogP contribution in [-0.2, 0) is 10.3 Å². The van der Waals surface area contributed by atoms with E-state index in [1.165, 1.54) is 32.1 Å². The number of amides is 1. The normalized spacial score (nSPS) is 28.9. The van der Waals surface area contributed by atoms with Gasteiger partial charge in [0.2, 0.25) is 5.91 Å². The van der Waals surface area contributed by atoms with Gasteiger partial charge in [0.15, 0.2) is 5.16 Å². The molecule has 1 aromatic heterocycles. The Morgan fingerprint density at radius 1 is 1.32 bits per heavy atom. The minimum Gasteiger partial charge on any atom is -0.369 e. The first-order chi connectivity index (χ1) is 10.6. The lowest BCUT2D eigenvalue weighted by Crippen LogP contribution is -2.49. The van der Waals surface area contributed by atoms with Crippen molar-refractivity contribution in [3.8, 4) is 0 Å². The Hall–Kier alpha value is -1.49. The summed E-state index contributed by atoms with van der Waals surface area (Å²) in [5.74, 6) is 0.276. The van der Waals surface area contributed by atoms with E-state index >= 15 is 0 Å². The molecule has 0 bridgehead atoms.